The van der Waals surface area contributed by atoms with Crippen molar-refractivity contribution in [2.24, 2.45) is 0 Å². The lowest BCUT2D eigenvalue weighted by Gasteiger charge is -2.11. The van der Waals surface area contributed by atoms with E-state index in [1.54, 1.807) is 30.3 Å². The van der Waals surface area contributed by atoms with Crippen molar-refractivity contribution in [3.05, 3.63) is 69.7 Å². The van der Waals surface area contributed by atoms with Gasteiger partial charge >= 0.3 is 5.97 Å². The number of rotatable bonds is 4. The van der Waals surface area contributed by atoms with E-state index in [0.29, 0.717) is 21.6 Å². The third kappa shape index (κ3) is 3.57. The van der Waals surface area contributed by atoms with Crippen LogP contribution in [0.4, 0.5) is 5.69 Å². The summed E-state index contributed by atoms with van der Waals surface area (Å²) >= 11 is 5.92. The molecular weight excluding hydrogens is 358 g/mol. The number of para-hydroxylation sites is 1. The first-order valence-corrected chi connectivity index (χ1v) is 7.99. The number of amides is 1. The number of nitrogens with zero attached hydrogens (tertiary/aromatic N) is 2. The molecule has 1 amide bonds. The zero-order valence-electron chi connectivity index (χ0n) is 13.7. The number of esters is 1. The van der Waals surface area contributed by atoms with Crippen LogP contribution in [0.2, 0.25) is 5.02 Å². The predicted octanol–water partition coefficient (Wildman–Crippen LogP) is 2.48. The Morgan fingerprint density at radius 2 is 2.00 bits per heavy atom. The SMILES string of the molecule is COC(=O)c1ccccc1NC(=O)Cn1cnc2ccc(Cl)cc2c1=O. The second kappa shape index (κ2) is 7.37. The quantitative estimate of drug-likeness (QED) is 0.711. The van der Waals surface area contributed by atoms with Crippen molar-refractivity contribution in [3.8, 4) is 0 Å². The van der Waals surface area contributed by atoms with Crippen LogP contribution in [0.1, 0.15) is 10.4 Å². The molecule has 0 radical (unpaired) electrons. The maximum absolute atomic E-state index is 12.5. The zero-order chi connectivity index (χ0) is 18.7. The second-order valence-corrected chi connectivity index (χ2v) is 5.86. The van der Waals surface area contributed by atoms with Gasteiger partial charge in [0.05, 0.1) is 35.6 Å². The Morgan fingerprint density at radius 1 is 1.23 bits per heavy atom. The summed E-state index contributed by atoms with van der Waals surface area (Å²) in [7, 11) is 1.26. The summed E-state index contributed by atoms with van der Waals surface area (Å²) in [5, 5.41) is 3.34. The summed E-state index contributed by atoms with van der Waals surface area (Å²) in [6, 6.07) is 11.2. The maximum atomic E-state index is 12.5. The van der Waals surface area contributed by atoms with E-state index in [1.807, 2.05) is 0 Å². The summed E-state index contributed by atoms with van der Waals surface area (Å²) in [4.78, 5) is 40.7. The van der Waals surface area contributed by atoms with E-state index in [0.717, 1.165) is 0 Å². The molecule has 0 aliphatic carbocycles. The maximum Gasteiger partial charge on any atom is 0.339 e. The van der Waals surface area contributed by atoms with E-state index in [1.165, 1.54) is 30.1 Å². The summed E-state index contributed by atoms with van der Waals surface area (Å²) < 4.78 is 5.86. The van der Waals surface area contributed by atoms with E-state index in [2.05, 4.69) is 15.0 Å². The lowest BCUT2D eigenvalue weighted by Crippen LogP contribution is -2.28. The topological polar surface area (TPSA) is 90.3 Å². The van der Waals surface area contributed by atoms with Crippen molar-refractivity contribution in [3.63, 3.8) is 0 Å². The van der Waals surface area contributed by atoms with E-state index in [-0.39, 0.29) is 17.7 Å². The molecule has 0 unspecified atom stereocenters. The number of carbonyl (C=O) groups excluding carboxylic acids is 2. The normalized spacial score (nSPS) is 10.5. The number of carbonyl (C=O) groups is 2. The molecule has 0 saturated carbocycles. The fourth-order valence-corrected chi connectivity index (χ4v) is 2.64. The van der Waals surface area contributed by atoms with Crippen LogP contribution >= 0.6 is 11.6 Å². The largest absolute Gasteiger partial charge is 0.465 e. The molecule has 0 fully saturated rings. The van der Waals surface area contributed by atoms with Crippen LogP contribution in [-0.2, 0) is 16.1 Å². The predicted molar refractivity (Wildman–Crippen MR) is 97.4 cm³/mol. The van der Waals surface area contributed by atoms with E-state index in [9.17, 15) is 14.4 Å². The Hall–Kier alpha value is -3.19. The highest BCUT2D eigenvalue weighted by Gasteiger charge is 2.14. The van der Waals surface area contributed by atoms with Crippen LogP contribution in [0.3, 0.4) is 0 Å². The monoisotopic (exact) mass is 371 g/mol. The summed E-state index contributed by atoms with van der Waals surface area (Å²) in [5.41, 5.74) is 0.634. The number of fused-ring (bicyclic) bond motifs is 1. The minimum atomic E-state index is -0.569. The van der Waals surface area contributed by atoms with Crippen molar-refractivity contribution in [1.29, 1.82) is 0 Å². The highest BCUT2D eigenvalue weighted by molar-refractivity contribution is 6.31. The molecule has 1 N–H and O–H groups in total. The van der Waals surface area contributed by atoms with E-state index in [4.69, 9.17) is 11.6 Å². The second-order valence-electron chi connectivity index (χ2n) is 5.42. The molecule has 0 aliphatic rings. The van der Waals surface area contributed by atoms with Crippen molar-refractivity contribution >= 4 is 40.1 Å². The Labute approximate surface area is 153 Å². The molecule has 0 aliphatic heterocycles. The average Bonchev–Trinajstić information content (AvgIpc) is 2.64. The Bertz CT molecular complexity index is 1060. The molecule has 1 aromatic heterocycles. The van der Waals surface area contributed by atoms with Crippen molar-refractivity contribution in [2.75, 3.05) is 12.4 Å². The van der Waals surface area contributed by atoms with Crippen LogP contribution in [0.15, 0.2) is 53.6 Å². The van der Waals surface area contributed by atoms with Gasteiger partial charge in [0.2, 0.25) is 5.91 Å². The molecule has 0 atom stereocenters. The molecule has 0 bridgehead atoms. The number of ether oxygens (including phenoxy) is 1. The first-order chi connectivity index (χ1) is 12.5. The Balaban J connectivity index is 1.86. The van der Waals surface area contributed by atoms with E-state index >= 15 is 0 Å². The number of methoxy groups -OCH3 is 1. The summed E-state index contributed by atoms with van der Waals surface area (Å²) in [5.74, 6) is -1.05. The molecule has 26 heavy (non-hydrogen) atoms. The van der Waals surface area contributed by atoms with Crippen LogP contribution in [0.25, 0.3) is 10.9 Å². The van der Waals surface area contributed by atoms with Crippen LogP contribution < -0.4 is 10.9 Å². The van der Waals surface area contributed by atoms with Crippen molar-refractivity contribution < 1.29 is 14.3 Å². The first kappa shape index (κ1) is 17.6. The van der Waals surface area contributed by atoms with Gasteiger partial charge in [-0.25, -0.2) is 9.78 Å². The summed E-state index contributed by atoms with van der Waals surface area (Å²) in [6.07, 6.45) is 1.30. The van der Waals surface area contributed by atoms with Gasteiger partial charge in [-0.15, -0.1) is 0 Å². The average molecular weight is 372 g/mol. The lowest BCUT2D eigenvalue weighted by molar-refractivity contribution is -0.116. The van der Waals surface area contributed by atoms with Gasteiger partial charge in [-0.05, 0) is 30.3 Å². The summed E-state index contributed by atoms with van der Waals surface area (Å²) in [6.45, 7) is -0.260. The molecule has 1 heterocycles. The molecule has 132 valence electrons. The van der Waals surface area contributed by atoms with Gasteiger partial charge in [0.15, 0.2) is 0 Å². The van der Waals surface area contributed by atoms with Gasteiger partial charge in [-0.3, -0.25) is 14.2 Å². The van der Waals surface area contributed by atoms with Gasteiger partial charge in [0, 0.05) is 5.02 Å². The van der Waals surface area contributed by atoms with Gasteiger partial charge in [0.1, 0.15) is 6.54 Å². The Morgan fingerprint density at radius 3 is 2.77 bits per heavy atom. The third-order valence-corrected chi connectivity index (χ3v) is 3.94. The van der Waals surface area contributed by atoms with Crippen LogP contribution in [0, 0.1) is 0 Å². The fraction of sp³-hybridized carbons (Fsp3) is 0.111. The molecule has 3 aromatic rings. The number of nitrogens with one attached hydrogen (secondary N) is 1. The van der Waals surface area contributed by atoms with Crippen molar-refractivity contribution in [1.82, 2.24) is 9.55 Å². The molecular formula is C18H14ClN3O4. The number of aromatic nitrogens is 2. The van der Waals surface area contributed by atoms with Gasteiger partial charge in [-0.2, -0.15) is 0 Å². The molecule has 2 aromatic carbocycles. The minimum Gasteiger partial charge on any atom is -0.465 e. The standard InChI is InChI=1S/C18H14ClN3O4/c1-26-18(25)12-4-2-3-5-15(12)21-16(23)9-22-10-20-14-7-6-11(19)8-13(14)17(22)24/h2-8,10H,9H2,1H3,(H,21,23). The zero-order valence-corrected chi connectivity index (χ0v) is 14.5. The molecule has 8 heteroatoms. The number of hydrogen-bond donors (Lipinski definition) is 1. The highest BCUT2D eigenvalue weighted by Crippen LogP contribution is 2.16. The molecule has 7 nitrogen and oxygen atoms in total. The first-order valence-electron chi connectivity index (χ1n) is 7.61. The fourth-order valence-electron chi connectivity index (χ4n) is 2.47. The van der Waals surface area contributed by atoms with Gasteiger partial charge in [0.25, 0.3) is 5.56 Å². The van der Waals surface area contributed by atoms with E-state index < -0.39 is 11.9 Å². The number of benzene rings is 2. The third-order valence-electron chi connectivity index (χ3n) is 3.71. The highest BCUT2D eigenvalue weighted by atomic mass is 35.5. The van der Waals surface area contributed by atoms with Gasteiger partial charge < -0.3 is 10.1 Å². The van der Waals surface area contributed by atoms with Crippen molar-refractivity contribution in [2.45, 2.75) is 6.54 Å². The van der Waals surface area contributed by atoms with Crippen LogP contribution in [-0.4, -0.2) is 28.5 Å². The number of halogens is 1. The van der Waals surface area contributed by atoms with Crippen LogP contribution in [0.5, 0.6) is 0 Å². The molecule has 3 rings (SSSR count). The lowest BCUT2D eigenvalue weighted by atomic mass is 10.2. The number of anilines is 1. The molecule has 0 saturated heterocycles. The van der Waals surface area contributed by atoms with Gasteiger partial charge in [-0.1, -0.05) is 23.7 Å². The molecule has 0 spiro atoms. The number of hydrogen-bond acceptors (Lipinski definition) is 5. The minimum absolute atomic E-state index is 0.221. The smallest absolute Gasteiger partial charge is 0.339 e. The Kier molecular flexibility index (Phi) is 4.99.